The van der Waals surface area contributed by atoms with Crippen LogP contribution in [0.5, 0.6) is 0 Å². The molecule has 166 valence electrons. The predicted molar refractivity (Wildman–Crippen MR) is 117 cm³/mol. The maximum absolute atomic E-state index is 13.0. The van der Waals surface area contributed by atoms with Crippen LogP contribution >= 0.6 is 11.8 Å². The molecule has 8 nitrogen and oxygen atoms in total. The number of amides is 1. The molecule has 3 aromatic rings. The van der Waals surface area contributed by atoms with Crippen molar-refractivity contribution < 1.29 is 22.0 Å². The number of hydrogen-bond donors (Lipinski definition) is 2. The number of aryl methyl sites for hydroxylation is 1. The number of fused-ring (bicyclic) bond motifs is 1. The number of halogens is 1. The van der Waals surface area contributed by atoms with Crippen LogP contribution in [-0.2, 0) is 28.4 Å². The predicted octanol–water partition coefficient (Wildman–Crippen LogP) is 1.99. The van der Waals surface area contributed by atoms with Gasteiger partial charge in [0.1, 0.15) is 11.9 Å². The van der Waals surface area contributed by atoms with Gasteiger partial charge in [-0.15, -0.1) is 0 Å². The molecule has 3 rings (SSSR count). The number of carbonyl (C=O) groups excluding carboxylic acids is 1. The Morgan fingerprint density at radius 1 is 1.23 bits per heavy atom. The van der Waals surface area contributed by atoms with Crippen LogP contribution in [0.15, 0.2) is 56.6 Å². The van der Waals surface area contributed by atoms with E-state index in [0.29, 0.717) is 16.8 Å². The number of benzene rings is 2. The minimum absolute atomic E-state index is 0.116. The van der Waals surface area contributed by atoms with Gasteiger partial charge in [0.15, 0.2) is 5.58 Å². The highest BCUT2D eigenvalue weighted by Gasteiger charge is 2.26. The standard InChI is InChI=1S/C20H22FN3O5S2/c1-24-17-8-7-15(11-18(17)29-20(24)26)31(27,28)23-16(9-10-30-2)19(25)22-12-13-3-5-14(21)6-4-13/h3-8,11,16,23H,9-10,12H2,1-2H3,(H,22,25)/t16-/m0/s1. The van der Waals surface area contributed by atoms with Gasteiger partial charge in [-0.1, -0.05) is 12.1 Å². The van der Waals surface area contributed by atoms with Crippen LogP contribution in [-0.4, -0.2) is 36.9 Å². The largest absolute Gasteiger partial charge is 0.419 e. The lowest BCUT2D eigenvalue weighted by atomic mass is 10.2. The summed E-state index contributed by atoms with van der Waals surface area (Å²) in [5.41, 5.74) is 1.28. The lowest BCUT2D eigenvalue weighted by Crippen LogP contribution is -2.46. The molecule has 0 saturated heterocycles. The van der Waals surface area contributed by atoms with E-state index in [1.165, 1.54) is 53.7 Å². The summed E-state index contributed by atoms with van der Waals surface area (Å²) in [6.07, 6.45) is 2.13. The minimum atomic E-state index is -4.06. The molecule has 1 aromatic heterocycles. The van der Waals surface area contributed by atoms with E-state index in [0.717, 1.165) is 0 Å². The van der Waals surface area contributed by atoms with Crippen molar-refractivity contribution in [2.75, 3.05) is 12.0 Å². The monoisotopic (exact) mass is 467 g/mol. The molecule has 0 radical (unpaired) electrons. The molecule has 31 heavy (non-hydrogen) atoms. The quantitative estimate of drug-likeness (QED) is 0.498. The number of sulfonamides is 1. The Hall–Kier alpha value is -2.63. The summed E-state index contributed by atoms with van der Waals surface area (Å²) in [7, 11) is -2.54. The van der Waals surface area contributed by atoms with E-state index in [9.17, 15) is 22.4 Å². The van der Waals surface area contributed by atoms with Crippen LogP contribution in [0.2, 0.25) is 0 Å². The molecule has 0 aliphatic rings. The Kier molecular flexibility index (Phi) is 7.19. The molecule has 0 fully saturated rings. The van der Waals surface area contributed by atoms with Gasteiger partial charge in [0.25, 0.3) is 0 Å². The van der Waals surface area contributed by atoms with Crippen LogP contribution in [0, 0.1) is 5.82 Å². The molecule has 2 aromatic carbocycles. The third-order valence-electron chi connectivity index (χ3n) is 4.68. The van der Waals surface area contributed by atoms with Crippen molar-refractivity contribution in [3.63, 3.8) is 0 Å². The van der Waals surface area contributed by atoms with E-state index < -0.39 is 27.7 Å². The van der Waals surface area contributed by atoms with Gasteiger partial charge in [-0.3, -0.25) is 9.36 Å². The smallest absolute Gasteiger partial charge is 0.408 e. The molecule has 1 atom stereocenters. The Balaban J connectivity index is 1.77. The van der Waals surface area contributed by atoms with E-state index in [4.69, 9.17) is 4.42 Å². The van der Waals surface area contributed by atoms with Gasteiger partial charge < -0.3 is 9.73 Å². The van der Waals surface area contributed by atoms with Gasteiger partial charge in [0.2, 0.25) is 15.9 Å². The van der Waals surface area contributed by atoms with Crippen LogP contribution < -0.4 is 15.8 Å². The highest BCUT2D eigenvalue weighted by atomic mass is 32.2. The maximum atomic E-state index is 13.0. The van der Waals surface area contributed by atoms with E-state index >= 15 is 0 Å². The lowest BCUT2D eigenvalue weighted by Gasteiger charge is -2.18. The molecule has 1 amide bonds. The number of aromatic nitrogens is 1. The average molecular weight is 468 g/mol. The summed E-state index contributed by atoms with van der Waals surface area (Å²) in [4.78, 5) is 24.2. The third-order valence-corrected chi connectivity index (χ3v) is 6.79. The maximum Gasteiger partial charge on any atom is 0.419 e. The third kappa shape index (κ3) is 5.54. The topological polar surface area (TPSA) is 110 Å². The van der Waals surface area contributed by atoms with Crippen molar-refractivity contribution in [3.05, 3.63) is 64.4 Å². The second kappa shape index (κ2) is 9.67. The molecule has 2 N–H and O–H groups in total. The van der Waals surface area contributed by atoms with Crippen molar-refractivity contribution in [3.8, 4) is 0 Å². The minimum Gasteiger partial charge on any atom is -0.408 e. The second-order valence-corrected chi connectivity index (χ2v) is 9.56. The fourth-order valence-corrected chi connectivity index (χ4v) is 4.65. The Morgan fingerprint density at radius 2 is 1.94 bits per heavy atom. The van der Waals surface area contributed by atoms with Gasteiger partial charge in [-0.05, 0) is 48.3 Å². The first-order valence-corrected chi connectivity index (χ1v) is 12.2. The Morgan fingerprint density at radius 3 is 2.61 bits per heavy atom. The number of hydrogen-bond acceptors (Lipinski definition) is 6. The van der Waals surface area contributed by atoms with Crippen molar-refractivity contribution in [1.29, 1.82) is 0 Å². The zero-order valence-corrected chi connectivity index (χ0v) is 18.6. The van der Waals surface area contributed by atoms with Crippen molar-refractivity contribution >= 4 is 38.8 Å². The first-order chi connectivity index (χ1) is 14.7. The summed E-state index contributed by atoms with van der Waals surface area (Å²) in [6.45, 7) is 0.137. The summed E-state index contributed by atoms with van der Waals surface area (Å²) >= 11 is 1.48. The summed E-state index contributed by atoms with van der Waals surface area (Å²) in [5.74, 6) is -0.916. The van der Waals surface area contributed by atoms with Gasteiger partial charge in [0, 0.05) is 19.7 Å². The van der Waals surface area contributed by atoms with Crippen molar-refractivity contribution in [2.24, 2.45) is 7.05 Å². The molecule has 0 spiro atoms. The number of rotatable bonds is 9. The van der Waals surface area contributed by atoms with E-state index in [2.05, 4.69) is 10.0 Å². The molecule has 0 saturated carbocycles. The highest BCUT2D eigenvalue weighted by Crippen LogP contribution is 2.18. The van der Waals surface area contributed by atoms with Gasteiger partial charge in [-0.2, -0.15) is 16.5 Å². The van der Waals surface area contributed by atoms with Gasteiger partial charge in [-0.25, -0.2) is 17.6 Å². The van der Waals surface area contributed by atoms with Gasteiger partial charge in [0.05, 0.1) is 10.4 Å². The zero-order valence-electron chi connectivity index (χ0n) is 16.9. The Labute approximate surface area is 182 Å². The summed E-state index contributed by atoms with van der Waals surface area (Å²) in [6, 6.07) is 8.72. The Bertz CT molecular complexity index is 1240. The molecule has 1 heterocycles. The highest BCUT2D eigenvalue weighted by molar-refractivity contribution is 7.98. The van der Waals surface area contributed by atoms with Crippen molar-refractivity contribution in [1.82, 2.24) is 14.6 Å². The molecule has 0 bridgehead atoms. The summed E-state index contributed by atoms with van der Waals surface area (Å²) < 4.78 is 47.6. The van der Waals surface area contributed by atoms with Crippen LogP contribution in [0.4, 0.5) is 4.39 Å². The van der Waals surface area contributed by atoms with E-state index in [1.54, 1.807) is 12.1 Å². The fourth-order valence-electron chi connectivity index (χ4n) is 2.93. The number of nitrogens with zero attached hydrogens (tertiary/aromatic N) is 1. The number of oxazole rings is 1. The van der Waals surface area contributed by atoms with Crippen LogP contribution in [0.1, 0.15) is 12.0 Å². The fraction of sp³-hybridized carbons (Fsp3) is 0.300. The van der Waals surface area contributed by atoms with E-state index in [-0.39, 0.29) is 29.3 Å². The SMILES string of the molecule is CSCC[C@H](NS(=O)(=O)c1ccc2c(c1)oc(=O)n2C)C(=O)NCc1ccc(F)cc1. The summed E-state index contributed by atoms with van der Waals surface area (Å²) in [5, 5.41) is 2.68. The number of carbonyl (C=O) groups is 1. The molecule has 11 heteroatoms. The first-order valence-electron chi connectivity index (χ1n) is 9.34. The van der Waals surface area contributed by atoms with Gasteiger partial charge >= 0.3 is 5.76 Å². The normalized spacial score (nSPS) is 12.7. The zero-order chi connectivity index (χ0) is 22.6. The number of thioether (sulfide) groups is 1. The number of nitrogens with one attached hydrogen (secondary N) is 2. The molecular formula is C20H22FN3O5S2. The first kappa shape index (κ1) is 23.0. The van der Waals surface area contributed by atoms with Crippen molar-refractivity contribution in [2.45, 2.75) is 23.9 Å². The molecule has 0 unspecified atom stereocenters. The average Bonchev–Trinajstić information content (AvgIpc) is 3.03. The molecular weight excluding hydrogens is 445 g/mol. The molecule has 0 aliphatic heterocycles. The van der Waals surface area contributed by atoms with Crippen LogP contribution in [0.3, 0.4) is 0 Å². The second-order valence-electron chi connectivity index (χ2n) is 6.86. The van der Waals surface area contributed by atoms with Crippen LogP contribution in [0.25, 0.3) is 11.1 Å². The molecule has 0 aliphatic carbocycles. The lowest BCUT2D eigenvalue weighted by molar-refractivity contribution is -0.122. The van der Waals surface area contributed by atoms with E-state index in [1.807, 2.05) is 6.26 Å².